The summed E-state index contributed by atoms with van der Waals surface area (Å²) >= 11 is 0. The molecule has 0 bridgehead atoms. The van der Waals surface area contributed by atoms with Crippen LogP contribution in [0.5, 0.6) is 0 Å². The van der Waals surface area contributed by atoms with E-state index in [1.807, 2.05) is 13.8 Å². The van der Waals surface area contributed by atoms with Crippen LogP contribution in [0.25, 0.3) is 0 Å². The zero-order chi connectivity index (χ0) is 19.7. The molecule has 0 aliphatic carbocycles. The standard InChI is InChI=1S/C17H23N3O6/c1-11(2)4-7-15(21)18-9-17(23)26-10-16(22)19-14-6-5-13(20(24)25)8-12(14)3/h5-6,8,11H,4,7,9-10H2,1-3H3,(H,18,21)(H,19,22). The van der Waals surface area contributed by atoms with Crippen LogP contribution in [-0.4, -0.2) is 35.9 Å². The summed E-state index contributed by atoms with van der Waals surface area (Å²) in [6.07, 6.45) is 1.04. The highest BCUT2D eigenvalue weighted by Gasteiger charge is 2.13. The van der Waals surface area contributed by atoms with Crippen molar-refractivity contribution in [3.05, 3.63) is 33.9 Å². The molecule has 0 radical (unpaired) electrons. The van der Waals surface area contributed by atoms with E-state index in [0.717, 1.165) is 6.42 Å². The number of esters is 1. The molecule has 1 aromatic carbocycles. The van der Waals surface area contributed by atoms with Crippen LogP contribution in [0.2, 0.25) is 0 Å². The number of nitro groups is 1. The van der Waals surface area contributed by atoms with Gasteiger partial charge in [-0.3, -0.25) is 24.5 Å². The maximum absolute atomic E-state index is 11.8. The number of nitrogens with zero attached hydrogens (tertiary/aromatic N) is 1. The third-order valence-corrected chi connectivity index (χ3v) is 3.44. The van der Waals surface area contributed by atoms with E-state index >= 15 is 0 Å². The summed E-state index contributed by atoms with van der Waals surface area (Å²) in [5, 5.41) is 15.6. The van der Waals surface area contributed by atoms with Crippen molar-refractivity contribution in [1.82, 2.24) is 5.32 Å². The Morgan fingerprint density at radius 2 is 1.92 bits per heavy atom. The molecule has 9 nitrogen and oxygen atoms in total. The van der Waals surface area contributed by atoms with Crippen LogP contribution in [0, 0.1) is 23.0 Å². The molecule has 0 spiro atoms. The molecular formula is C17H23N3O6. The summed E-state index contributed by atoms with van der Waals surface area (Å²) in [5.74, 6) is -1.17. The Labute approximate surface area is 151 Å². The number of non-ortho nitro benzene ring substituents is 1. The molecule has 9 heteroatoms. The van der Waals surface area contributed by atoms with Gasteiger partial charge in [0.1, 0.15) is 6.54 Å². The second-order valence-corrected chi connectivity index (χ2v) is 6.17. The van der Waals surface area contributed by atoms with E-state index in [-0.39, 0.29) is 18.1 Å². The fraction of sp³-hybridized carbons (Fsp3) is 0.471. The SMILES string of the molecule is Cc1cc([N+](=O)[O-])ccc1NC(=O)COC(=O)CNC(=O)CCC(C)C. The minimum Gasteiger partial charge on any atom is -0.454 e. The maximum Gasteiger partial charge on any atom is 0.325 e. The van der Waals surface area contributed by atoms with Gasteiger partial charge in [0.2, 0.25) is 5.91 Å². The molecule has 2 amide bonds. The van der Waals surface area contributed by atoms with Crippen LogP contribution in [-0.2, 0) is 19.1 Å². The van der Waals surface area contributed by atoms with Gasteiger partial charge in [-0.15, -0.1) is 0 Å². The lowest BCUT2D eigenvalue weighted by atomic mass is 10.1. The van der Waals surface area contributed by atoms with Crippen molar-refractivity contribution >= 4 is 29.2 Å². The van der Waals surface area contributed by atoms with Crippen LogP contribution < -0.4 is 10.6 Å². The summed E-state index contributed by atoms with van der Waals surface area (Å²) in [4.78, 5) is 45.0. The lowest BCUT2D eigenvalue weighted by Crippen LogP contribution is -2.32. The number of nitrogens with one attached hydrogen (secondary N) is 2. The fourth-order valence-corrected chi connectivity index (χ4v) is 1.96. The van der Waals surface area contributed by atoms with Gasteiger partial charge < -0.3 is 15.4 Å². The molecule has 2 N–H and O–H groups in total. The van der Waals surface area contributed by atoms with Gasteiger partial charge in [-0.05, 0) is 30.9 Å². The molecule has 0 unspecified atom stereocenters. The van der Waals surface area contributed by atoms with Gasteiger partial charge in [0, 0.05) is 24.2 Å². The summed E-state index contributed by atoms with van der Waals surface area (Å²) in [6, 6.07) is 4.00. The highest BCUT2D eigenvalue weighted by atomic mass is 16.6. The van der Waals surface area contributed by atoms with Gasteiger partial charge >= 0.3 is 5.97 Å². The van der Waals surface area contributed by atoms with Crippen LogP contribution in [0.1, 0.15) is 32.3 Å². The quantitative estimate of drug-likeness (QED) is 0.391. The highest BCUT2D eigenvalue weighted by Crippen LogP contribution is 2.20. The molecule has 0 aliphatic heterocycles. The molecule has 26 heavy (non-hydrogen) atoms. The summed E-state index contributed by atoms with van der Waals surface area (Å²) in [7, 11) is 0. The summed E-state index contributed by atoms with van der Waals surface area (Å²) < 4.78 is 4.78. The molecule has 0 aliphatic rings. The lowest BCUT2D eigenvalue weighted by molar-refractivity contribution is -0.384. The van der Waals surface area contributed by atoms with Crippen LogP contribution >= 0.6 is 0 Å². The molecular weight excluding hydrogens is 342 g/mol. The number of carbonyl (C=O) groups excluding carboxylic acids is 3. The number of aryl methyl sites for hydroxylation is 1. The van der Waals surface area contributed by atoms with Crippen molar-refractivity contribution in [3.8, 4) is 0 Å². The zero-order valence-electron chi connectivity index (χ0n) is 15.0. The van der Waals surface area contributed by atoms with E-state index < -0.39 is 23.4 Å². The summed E-state index contributed by atoms with van der Waals surface area (Å²) in [5.41, 5.74) is 0.815. The van der Waals surface area contributed by atoms with Crippen molar-refractivity contribution in [3.63, 3.8) is 0 Å². The van der Waals surface area contributed by atoms with E-state index in [4.69, 9.17) is 4.74 Å². The Morgan fingerprint density at radius 1 is 1.23 bits per heavy atom. The Morgan fingerprint density at radius 3 is 2.50 bits per heavy atom. The van der Waals surface area contributed by atoms with E-state index in [1.54, 1.807) is 6.92 Å². The van der Waals surface area contributed by atoms with Crippen molar-refractivity contribution in [2.45, 2.75) is 33.6 Å². The highest BCUT2D eigenvalue weighted by molar-refractivity contribution is 5.93. The normalized spacial score (nSPS) is 10.3. The molecule has 1 aromatic rings. The van der Waals surface area contributed by atoms with Crippen LogP contribution in [0.15, 0.2) is 18.2 Å². The number of carbonyl (C=O) groups is 3. The first kappa shape index (κ1) is 21.1. The minimum atomic E-state index is -0.724. The van der Waals surface area contributed by atoms with E-state index in [2.05, 4.69) is 10.6 Å². The van der Waals surface area contributed by atoms with Crippen molar-refractivity contribution in [1.29, 1.82) is 0 Å². The van der Waals surface area contributed by atoms with Crippen molar-refractivity contribution < 1.29 is 24.0 Å². The average molecular weight is 365 g/mol. The topological polar surface area (TPSA) is 128 Å². The van der Waals surface area contributed by atoms with E-state index in [1.165, 1.54) is 18.2 Å². The first-order valence-electron chi connectivity index (χ1n) is 8.16. The number of nitro benzene ring substituents is 1. The number of hydrogen-bond donors (Lipinski definition) is 2. The predicted octanol–water partition coefficient (Wildman–Crippen LogP) is 1.94. The first-order chi connectivity index (χ1) is 12.2. The third-order valence-electron chi connectivity index (χ3n) is 3.44. The number of anilines is 1. The number of amides is 2. The first-order valence-corrected chi connectivity index (χ1v) is 8.16. The van der Waals surface area contributed by atoms with Crippen LogP contribution in [0.4, 0.5) is 11.4 Å². The molecule has 142 valence electrons. The zero-order valence-corrected chi connectivity index (χ0v) is 15.0. The molecule has 0 saturated heterocycles. The summed E-state index contributed by atoms with van der Waals surface area (Å²) in [6.45, 7) is 4.78. The fourth-order valence-electron chi connectivity index (χ4n) is 1.96. The molecule has 0 aromatic heterocycles. The maximum atomic E-state index is 11.8. The van der Waals surface area contributed by atoms with E-state index in [9.17, 15) is 24.5 Å². The monoisotopic (exact) mass is 365 g/mol. The average Bonchev–Trinajstić information content (AvgIpc) is 2.57. The number of benzene rings is 1. The molecule has 0 fully saturated rings. The van der Waals surface area contributed by atoms with Gasteiger partial charge in [-0.2, -0.15) is 0 Å². The Balaban J connectivity index is 2.36. The van der Waals surface area contributed by atoms with Gasteiger partial charge in [-0.25, -0.2) is 0 Å². The Hall–Kier alpha value is -2.97. The van der Waals surface area contributed by atoms with Crippen LogP contribution in [0.3, 0.4) is 0 Å². The predicted molar refractivity (Wildman–Crippen MR) is 94.5 cm³/mol. The molecule has 0 saturated carbocycles. The molecule has 1 rings (SSSR count). The number of hydrogen-bond acceptors (Lipinski definition) is 6. The van der Waals surface area contributed by atoms with Gasteiger partial charge in [0.15, 0.2) is 6.61 Å². The molecule has 0 heterocycles. The molecule has 0 atom stereocenters. The smallest absolute Gasteiger partial charge is 0.325 e. The van der Waals surface area contributed by atoms with Crippen molar-refractivity contribution in [2.24, 2.45) is 5.92 Å². The second-order valence-electron chi connectivity index (χ2n) is 6.17. The minimum absolute atomic E-state index is 0.0832. The third kappa shape index (κ3) is 7.73. The second kappa shape index (κ2) is 10.1. The van der Waals surface area contributed by atoms with Crippen molar-refractivity contribution in [2.75, 3.05) is 18.5 Å². The Bertz CT molecular complexity index is 687. The lowest BCUT2D eigenvalue weighted by Gasteiger charge is -2.09. The largest absolute Gasteiger partial charge is 0.454 e. The number of rotatable bonds is 9. The van der Waals surface area contributed by atoms with Gasteiger partial charge in [0.05, 0.1) is 4.92 Å². The van der Waals surface area contributed by atoms with Gasteiger partial charge in [0.25, 0.3) is 11.6 Å². The number of ether oxygens (including phenoxy) is 1. The van der Waals surface area contributed by atoms with Gasteiger partial charge in [-0.1, -0.05) is 13.8 Å². The van der Waals surface area contributed by atoms with E-state index in [0.29, 0.717) is 23.6 Å². The Kier molecular flexibility index (Phi) is 8.20.